The van der Waals surface area contributed by atoms with E-state index in [-0.39, 0.29) is 30.8 Å². The Morgan fingerprint density at radius 2 is 1.83 bits per heavy atom. The van der Waals surface area contributed by atoms with E-state index in [9.17, 15) is 23.9 Å². The second-order valence-electron chi connectivity index (χ2n) is 13.3. The Balaban J connectivity index is 1.38. The van der Waals surface area contributed by atoms with Crippen LogP contribution in [0.3, 0.4) is 0 Å². The van der Waals surface area contributed by atoms with Gasteiger partial charge in [-0.2, -0.15) is 0 Å². The minimum Gasteiger partial charge on any atom is -0.449 e. The summed E-state index contributed by atoms with van der Waals surface area (Å²) in [5.41, 5.74) is 0.254. The third kappa shape index (κ3) is 3.79. The van der Waals surface area contributed by atoms with Crippen LogP contribution >= 0.6 is 11.8 Å². The average Bonchev–Trinajstić information content (AvgIpc) is 3.70. The Kier molecular flexibility index (Phi) is 6.81. The molecule has 5 aliphatic carbocycles. The van der Waals surface area contributed by atoms with E-state index in [0.717, 1.165) is 11.6 Å². The number of nitrogens with two attached hydrogens (primary N) is 1. The maximum Gasteiger partial charge on any atom is 0.310 e. The summed E-state index contributed by atoms with van der Waals surface area (Å²) in [5, 5.41) is 11.0. The van der Waals surface area contributed by atoms with E-state index in [0.29, 0.717) is 23.9 Å². The van der Waals surface area contributed by atoms with Crippen molar-refractivity contribution >= 4 is 34.3 Å². The van der Waals surface area contributed by atoms with E-state index in [1.807, 2.05) is 12.1 Å². The summed E-state index contributed by atoms with van der Waals surface area (Å²) in [6.07, 6.45) is 0.573. The van der Waals surface area contributed by atoms with E-state index >= 15 is 8.78 Å². The standard InChI is InChI=1S/C32H36F3NO5S/c1-16-10-22-23-13-25(34)24-11-19(37)8-9-29(24,2)31(23,35)26(38)14-30(22,3)32(16,28(40)42-15-33)41-27(39)21-12-20(21)17-4-6-18(36)7-5-17/h4-9,11,16,20-23,25-26,38H,10,12-15,36H2,1-3H3/t16-,20?,21+,22+,23+,25+,26+,29+,30+,31+,32+/m1/s1. The molecule has 0 amide bonds. The number of benzene rings is 1. The number of halogens is 3. The van der Waals surface area contributed by atoms with Crippen LogP contribution in [0.15, 0.2) is 48.1 Å². The zero-order chi connectivity index (χ0) is 30.4. The first-order valence-electron chi connectivity index (χ1n) is 14.5. The van der Waals surface area contributed by atoms with Gasteiger partial charge in [0.25, 0.3) is 0 Å². The number of alkyl halides is 3. The number of nitrogen functional groups attached to an aromatic ring is 1. The van der Waals surface area contributed by atoms with Crippen LogP contribution in [0.4, 0.5) is 18.9 Å². The largest absolute Gasteiger partial charge is 0.449 e. The molecule has 6 nitrogen and oxygen atoms in total. The van der Waals surface area contributed by atoms with E-state index in [4.69, 9.17) is 10.5 Å². The second kappa shape index (κ2) is 9.71. The molecule has 10 heteroatoms. The monoisotopic (exact) mass is 603 g/mol. The molecule has 1 unspecified atom stereocenters. The number of ketones is 1. The molecular weight excluding hydrogens is 567 g/mol. The van der Waals surface area contributed by atoms with Gasteiger partial charge in [0.15, 0.2) is 17.1 Å². The van der Waals surface area contributed by atoms with Crippen LogP contribution in [0.25, 0.3) is 0 Å². The van der Waals surface area contributed by atoms with Gasteiger partial charge in [0, 0.05) is 28.4 Å². The van der Waals surface area contributed by atoms with Crippen molar-refractivity contribution in [2.24, 2.45) is 34.5 Å². The molecular formula is C32H36F3NO5S. The maximum atomic E-state index is 17.5. The fraction of sp³-hybridized carbons (Fsp3) is 0.594. The summed E-state index contributed by atoms with van der Waals surface area (Å²) < 4.78 is 53.3. The first-order valence-corrected chi connectivity index (χ1v) is 15.5. The minimum absolute atomic E-state index is 0.00615. The maximum absolute atomic E-state index is 17.5. The van der Waals surface area contributed by atoms with Gasteiger partial charge in [-0.3, -0.25) is 14.4 Å². The summed E-state index contributed by atoms with van der Waals surface area (Å²) in [4.78, 5) is 39.7. The Morgan fingerprint density at radius 1 is 1.14 bits per heavy atom. The number of anilines is 1. The van der Waals surface area contributed by atoms with Gasteiger partial charge >= 0.3 is 5.97 Å². The lowest BCUT2D eigenvalue weighted by Gasteiger charge is -2.63. The summed E-state index contributed by atoms with van der Waals surface area (Å²) in [7, 11) is 0. The van der Waals surface area contributed by atoms with Crippen LogP contribution in [0.5, 0.6) is 0 Å². The molecule has 4 saturated carbocycles. The van der Waals surface area contributed by atoms with E-state index in [1.54, 1.807) is 26.0 Å². The molecule has 1 aromatic carbocycles. The SMILES string of the molecule is C[C@@H]1C[C@H]2[C@@H]3C[C@H](F)C4=CC(=O)C=C[C@]4(C)[C@@]3(F)[C@@H](O)C[C@]2(C)[C@@]1(OC(=O)[C@H]1CC1c1ccc(N)cc1)C(=O)SCF. The Bertz CT molecular complexity index is 1400. The van der Waals surface area contributed by atoms with Crippen LogP contribution in [-0.4, -0.2) is 51.5 Å². The summed E-state index contributed by atoms with van der Waals surface area (Å²) in [5.74, 6) is -4.01. The molecule has 226 valence electrons. The number of hydrogen-bond acceptors (Lipinski definition) is 7. The minimum atomic E-state index is -2.34. The average molecular weight is 604 g/mol. The first-order chi connectivity index (χ1) is 19.7. The number of ether oxygens (including phenoxy) is 1. The molecule has 0 aromatic heterocycles. The van der Waals surface area contributed by atoms with E-state index < -0.39 is 80.9 Å². The third-order valence-electron chi connectivity index (χ3n) is 11.4. The van der Waals surface area contributed by atoms with Gasteiger partial charge in [0.05, 0.1) is 12.0 Å². The van der Waals surface area contributed by atoms with Gasteiger partial charge < -0.3 is 15.6 Å². The van der Waals surface area contributed by atoms with Crippen molar-refractivity contribution in [3.8, 4) is 0 Å². The van der Waals surface area contributed by atoms with Crippen molar-refractivity contribution in [3.05, 3.63) is 53.6 Å². The highest BCUT2D eigenvalue weighted by Crippen LogP contribution is 2.72. The molecule has 0 heterocycles. The number of esters is 1. The molecule has 42 heavy (non-hydrogen) atoms. The molecule has 5 aliphatic rings. The highest BCUT2D eigenvalue weighted by molar-refractivity contribution is 8.13. The van der Waals surface area contributed by atoms with Crippen LogP contribution in [-0.2, 0) is 19.1 Å². The number of thioether (sulfide) groups is 1. The zero-order valence-electron chi connectivity index (χ0n) is 23.8. The lowest BCUT2D eigenvalue weighted by Crippen LogP contribution is -2.70. The highest BCUT2D eigenvalue weighted by Gasteiger charge is 2.78. The topological polar surface area (TPSA) is 107 Å². The van der Waals surface area contributed by atoms with Gasteiger partial charge in [-0.25, -0.2) is 13.2 Å². The number of hydrogen-bond donors (Lipinski definition) is 2. The van der Waals surface area contributed by atoms with Gasteiger partial charge in [0.1, 0.15) is 12.2 Å². The molecule has 3 N–H and O–H groups in total. The highest BCUT2D eigenvalue weighted by atomic mass is 32.2. The van der Waals surface area contributed by atoms with E-state index in [2.05, 4.69) is 0 Å². The number of fused-ring (bicyclic) bond motifs is 5. The number of aliphatic hydroxyl groups excluding tert-OH is 1. The quantitative estimate of drug-likeness (QED) is 0.343. The molecule has 0 aliphatic heterocycles. The van der Waals surface area contributed by atoms with Crippen LogP contribution in [0.2, 0.25) is 0 Å². The Morgan fingerprint density at radius 3 is 2.50 bits per heavy atom. The fourth-order valence-electron chi connectivity index (χ4n) is 9.18. The van der Waals surface area contributed by atoms with Crippen molar-refractivity contribution in [3.63, 3.8) is 0 Å². The molecule has 0 saturated heterocycles. The van der Waals surface area contributed by atoms with Crippen molar-refractivity contribution in [1.29, 1.82) is 0 Å². The number of aliphatic hydroxyl groups is 1. The van der Waals surface area contributed by atoms with Crippen LogP contribution < -0.4 is 5.73 Å². The van der Waals surface area contributed by atoms with Gasteiger partial charge in [-0.15, -0.1) is 0 Å². The number of rotatable bonds is 5. The van der Waals surface area contributed by atoms with Crippen molar-refractivity contribution < 1.29 is 37.4 Å². The normalized spacial score (nSPS) is 45.4. The molecule has 1 aromatic rings. The second-order valence-corrected chi connectivity index (χ2v) is 14.2. The van der Waals surface area contributed by atoms with Crippen molar-refractivity contribution in [2.45, 2.75) is 75.9 Å². The molecule has 0 spiro atoms. The molecule has 0 radical (unpaired) electrons. The molecule has 0 bridgehead atoms. The summed E-state index contributed by atoms with van der Waals surface area (Å²) in [6.45, 7) is 4.93. The summed E-state index contributed by atoms with van der Waals surface area (Å²) >= 11 is 0.402. The predicted molar refractivity (Wildman–Crippen MR) is 152 cm³/mol. The van der Waals surface area contributed by atoms with Crippen molar-refractivity contribution in [1.82, 2.24) is 0 Å². The molecule has 6 rings (SSSR count). The third-order valence-corrected chi connectivity index (χ3v) is 12.1. The van der Waals surface area contributed by atoms with Crippen LogP contribution in [0.1, 0.15) is 57.9 Å². The van der Waals surface area contributed by atoms with Gasteiger partial charge in [0.2, 0.25) is 5.12 Å². The smallest absolute Gasteiger partial charge is 0.310 e. The molecule has 11 atom stereocenters. The lowest BCUT2D eigenvalue weighted by molar-refractivity contribution is -0.229. The van der Waals surface area contributed by atoms with Gasteiger partial charge in [-0.05, 0) is 91.6 Å². The van der Waals surface area contributed by atoms with Crippen molar-refractivity contribution in [2.75, 3.05) is 11.7 Å². The lowest BCUT2D eigenvalue weighted by atomic mass is 9.44. The fourth-order valence-corrected chi connectivity index (χ4v) is 9.97. The summed E-state index contributed by atoms with van der Waals surface area (Å²) in [6, 6.07) is 6.13. The van der Waals surface area contributed by atoms with Gasteiger partial charge in [-0.1, -0.05) is 32.1 Å². The number of carbonyl (C=O) groups is 3. The Hall–Kier alpha value is -2.59. The molecule has 4 fully saturated rings. The Labute approximate surface area is 247 Å². The van der Waals surface area contributed by atoms with E-state index in [1.165, 1.54) is 19.1 Å². The number of carbonyl (C=O) groups excluding carboxylic acids is 3. The predicted octanol–water partition coefficient (Wildman–Crippen LogP) is 5.41. The van der Waals surface area contributed by atoms with Crippen LogP contribution in [0, 0.1) is 34.5 Å². The first kappa shape index (κ1) is 29.5. The zero-order valence-corrected chi connectivity index (χ0v) is 24.6. The number of allylic oxidation sites excluding steroid dienone is 4.